The molecule has 1 fully saturated rings. The lowest BCUT2D eigenvalue weighted by atomic mass is 10.1. The molecular formula is C18H14BrNOS2. The molecule has 1 aliphatic rings. The van der Waals surface area contributed by atoms with E-state index in [1.54, 1.807) is 4.90 Å². The number of amides is 1. The normalized spacial score (nSPS) is 16.5. The molecule has 1 amide bonds. The van der Waals surface area contributed by atoms with Gasteiger partial charge >= 0.3 is 0 Å². The highest BCUT2D eigenvalue weighted by Gasteiger charge is 2.34. The van der Waals surface area contributed by atoms with Gasteiger partial charge in [-0.1, -0.05) is 64.2 Å². The van der Waals surface area contributed by atoms with Crippen molar-refractivity contribution in [2.45, 2.75) is 13.8 Å². The Labute approximate surface area is 153 Å². The minimum Gasteiger partial charge on any atom is -0.268 e. The van der Waals surface area contributed by atoms with Gasteiger partial charge < -0.3 is 0 Å². The first-order chi connectivity index (χ1) is 11.0. The summed E-state index contributed by atoms with van der Waals surface area (Å²) in [5.41, 5.74) is 4.00. The predicted molar refractivity (Wildman–Crippen MR) is 106 cm³/mol. The van der Waals surface area contributed by atoms with E-state index in [9.17, 15) is 4.79 Å². The summed E-state index contributed by atoms with van der Waals surface area (Å²) in [6.45, 7) is 4.00. The van der Waals surface area contributed by atoms with Crippen LogP contribution in [0.25, 0.3) is 6.08 Å². The van der Waals surface area contributed by atoms with Crippen LogP contribution in [0.1, 0.15) is 16.7 Å². The highest BCUT2D eigenvalue weighted by atomic mass is 79.9. The number of thioether (sulfide) groups is 1. The summed E-state index contributed by atoms with van der Waals surface area (Å²) >= 11 is 10.2. The number of nitrogens with zero attached hydrogens (tertiary/aromatic N) is 1. The first-order valence-corrected chi connectivity index (χ1v) is 9.08. The number of carbonyl (C=O) groups is 1. The molecule has 2 nitrogen and oxygen atoms in total. The molecule has 1 aliphatic heterocycles. The highest BCUT2D eigenvalue weighted by molar-refractivity contribution is 9.10. The number of rotatable bonds is 2. The van der Waals surface area contributed by atoms with Gasteiger partial charge in [0.2, 0.25) is 0 Å². The first kappa shape index (κ1) is 16.4. The van der Waals surface area contributed by atoms with Gasteiger partial charge in [0.15, 0.2) is 4.32 Å². The largest absolute Gasteiger partial charge is 0.270 e. The molecule has 2 aromatic rings. The van der Waals surface area contributed by atoms with Crippen LogP contribution < -0.4 is 4.90 Å². The third-order valence-corrected chi connectivity index (χ3v) is 5.40. The molecule has 23 heavy (non-hydrogen) atoms. The number of benzene rings is 2. The highest BCUT2D eigenvalue weighted by Crippen LogP contribution is 2.37. The Hall–Kier alpha value is -1.43. The van der Waals surface area contributed by atoms with Crippen LogP contribution in [0.15, 0.2) is 51.8 Å². The molecular weight excluding hydrogens is 390 g/mol. The zero-order valence-corrected chi connectivity index (χ0v) is 15.9. The van der Waals surface area contributed by atoms with E-state index in [0.29, 0.717) is 9.23 Å². The molecule has 3 rings (SSSR count). The van der Waals surface area contributed by atoms with Gasteiger partial charge in [-0.2, -0.15) is 0 Å². The lowest BCUT2D eigenvalue weighted by Gasteiger charge is -2.17. The van der Waals surface area contributed by atoms with Gasteiger partial charge in [0, 0.05) is 4.47 Å². The van der Waals surface area contributed by atoms with E-state index in [0.717, 1.165) is 26.9 Å². The fraction of sp³-hybridized carbons (Fsp3) is 0.111. The van der Waals surface area contributed by atoms with Gasteiger partial charge in [-0.25, -0.2) is 0 Å². The van der Waals surface area contributed by atoms with Crippen molar-refractivity contribution >= 4 is 61.9 Å². The maximum Gasteiger partial charge on any atom is 0.270 e. The second kappa shape index (κ2) is 6.59. The molecule has 0 N–H and O–H groups in total. The summed E-state index contributed by atoms with van der Waals surface area (Å²) in [5, 5.41) is 0. The number of hydrogen-bond donors (Lipinski definition) is 0. The summed E-state index contributed by atoms with van der Waals surface area (Å²) < 4.78 is 1.59. The Morgan fingerprint density at radius 3 is 2.52 bits per heavy atom. The monoisotopic (exact) mass is 403 g/mol. The minimum absolute atomic E-state index is 0.0587. The summed E-state index contributed by atoms with van der Waals surface area (Å²) in [5.74, 6) is -0.0587. The van der Waals surface area contributed by atoms with Crippen molar-refractivity contribution in [3.63, 3.8) is 0 Å². The fourth-order valence-electron chi connectivity index (χ4n) is 2.35. The van der Waals surface area contributed by atoms with E-state index in [4.69, 9.17) is 12.2 Å². The molecule has 2 aromatic carbocycles. The average Bonchev–Trinajstić information content (AvgIpc) is 2.78. The number of carbonyl (C=O) groups excluding carboxylic acids is 1. The Morgan fingerprint density at radius 2 is 1.83 bits per heavy atom. The first-order valence-electron chi connectivity index (χ1n) is 7.06. The van der Waals surface area contributed by atoms with E-state index in [-0.39, 0.29) is 5.91 Å². The van der Waals surface area contributed by atoms with Crippen molar-refractivity contribution in [3.8, 4) is 0 Å². The molecule has 0 atom stereocenters. The molecule has 0 unspecified atom stereocenters. The van der Waals surface area contributed by atoms with Crippen LogP contribution in [0.5, 0.6) is 0 Å². The molecule has 0 spiro atoms. The van der Waals surface area contributed by atoms with E-state index >= 15 is 0 Å². The average molecular weight is 404 g/mol. The van der Waals surface area contributed by atoms with Crippen molar-refractivity contribution in [3.05, 3.63) is 68.5 Å². The SMILES string of the molecule is Cc1ccc(C)c(N2C(=O)/C(=C/c3ccc(Br)cc3)SC2=S)c1. The molecule has 5 heteroatoms. The lowest BCUT2D eigenvalue weighted by Crippen LogP contribution is -2.28. The van der Waals surface area contributed by atoms with Crippen LogP contribution in [-0.4, -0.2) is 10.2 Å². The van der Waals surface area contributed by atoms with Crippen molar-refractivity contribution in [2.24, 2.45) is 0 Å². The Balaban J connectivity index is 1.97. The Bertz CT molecular complexity index is 827. The Morgan fingerprint density at radius 1 is 1.13 bits per heavy atom. The molecule has 1 heterocycles. The number of aryl methyl sites for hydroxylation is 2. The minimum atomic E-state index is -0.0587. The zero-order chi connectivity index (χ0) is 16.6. The molecule has 116 valence electrons. The quantitative estimate of drug-likeness (QED) is 0.489. The third-order valence-electron chi connectivity index (χ3n) is 3.57. The molecule has 0 bridgehead atoms. The summed E-state index contributed by atoms with van der Waals surface area (Å²) in [7, 11) is 0. The van der Waals surface area contributed by atoms with Gasteiger partial charge in [0.05, 0.1) is 10.6 Å². The molecule has 0 aromatic heterocycles. The van der Waals surface area contributed by atoms with Gasteiger partial charge in [-0.3, -0.25) is 9.69 Å². The van der Waals surface area contributed by atoms with Crippen molar-refractivity contribution in [2.75, 3.05) is 4.90 Å². The molecule has 1 saturated heterocycles. The van der Waals surface area contributed by atoms with Gasteiger partial charge in [-0.05, 0) is 54.8 Å². The second-order valence-electron chi connectivity index (χ2n) is 5.36. The number of hydrogen-bond acceptors (Lipinski definition) is 3. The maximum atomic E-state index is 12.8. The van der Waals surface area contributed by atoms with Crippen LogP contribution in [0.2, 0.25) is 0 Å². The third kappa shape index (κ3) is 3.42. The van der Waals surface area contributed by atoms with E-state index in [1.807, 2.05) is 62.4 Å². The zero-order valence-electron chi connectivity index (χ0n) is 12.7. The van der Waals surface area contributed by atoms with Crippen molar-refractivity contribution < 1.29 is 4.79 Å². The topological polar surface area (TPSA) is 20.3 Å². The summed E-state index contributed by atoms with van der Waals surface area (Å²) in [6.07, 6.45) is 1.89. The lowest BCUT2D eigenvalue weighted by molar-refractivity contribution is -0.113. The van der Waals surface area contributed by atoms with E-state index in [2.05, 4.69) is 15.9 Å². The van der Waals surface area contributed by atoms with Crippen LogP contribution in [0.3, 0.4) is 0 Å². The maximum absolute atomic E-state index is 12.8. The number of anilines is 1. The fourth-order valence-corrected chi connectivity index (χ4v) is 3.90. The van der Waals surface area contributed by atoms with Crippen molar-refractivity contribution in [1.82, 2.24) is 0 Å². The van der Waals surface area contributed by atoms with Crippen molar-refractivity contribution in [1.29, 1.82) is 0 Å². The molecule has 0 saturated carbocycles. The van der Waals surface area contributed by atoms with Crippen LogP contribution >= 0.6 is 39.9 Å². The standard InChI is InChI=1S/C18H14BrNOS2/c1-11-3-4-12(2)15(9-11)20-17(21)16(23-18(20)22)10-13-5-7-14(19)8-6-13/h3-10H,1-2H3/b16-10-. The van der Waals surface area contributed by atoms with Crippen LogP contribution in [-0.2, 0) is 4.79 Å². The van der Waals surface area contributed by atoms with Gasteiger partial charge in [0.25, 0.3) is 5.91 Å². The predicted octanol–water partition coefficient (Wildman–Crippen LogP) is 5.47. The van der Waals surface area contributed by atoms with Crippen LogP contribution in [0.4, 0.5) is 5.69 Å². The smallest absolute Gasteiger partial charge is 0.268 e. The number of thiocarbonyl (C=S) groups is 1. The van der Waals surface area contributed by atoms with E-state index in [1.165, 1.54) is 11.8 Å². The van der Waals surface area contributed by atoms with Gasteiger partial charge in [-0.15, -0.1) is 0 Å². The molecule has 0 radical (unpaired) electrons. The van der Waals surface area contributed by atoms with E-state index < -0.39 is 0 Å². The number of halogens is 1. The Kier molecular flexibility index (Phi) is 4.71. The van der Waals surface area contributed by atoms with Crippen LogP contribution in [0, 0.1) is 13.8 Å². The molecule has 0 aliphatic carbocycles. The van der Waals surface area contributed by atoms with Gasteiger partial charge in [0.1, 0.15) is 0 Å². The summed E-state index contributed by atoms with van der Waals surface area (Å²) in [4.78, 5) is 15.1. The summed E-state index contributed by atoms with van der Waals surface area (Å²) in [6, 6.07) is 13.9. The second-order valence-corrected chi connectivity index (χ2v) is 7.95.